The first-order chi connectivity index (χ1) is 16.3. The van der Waals surface area contributed by atoms with Gasteiger partial charge in [0.25, 0.3) is 0 Å². The quantitative estimate of drug-likeness (QED) is 0.600. The van der Waals surface area contributed by atoms with Gasteiger partial charge in [0.2, 0.25) is 0 Å². The first-order valence-corrected chi connectivity index (χ1v) is 11.8. The largest absolute Gasteiger partial charge is 0.378 e. The zero-order chi connectivity index (χ0) is 22.0. The Hall–Kier alpha value is -3.33. The van der Waals surface area contributed by atoms with Crippen LogP contribution in [0.1, 0.15) is 17.7 Å². The molecule has 170 valence electrons. The van der Waals surface area contributed by atoms with Gasteiger partial charge in [-0.1, -0.05) is 0 Å². The Labute approximate surface area is 193 Å². The van der Waals surface area contributed by atoms with Crippen LogP contribution in [0.15, 0.2) is 36.9 Å². The summed E-state index contributed by atoms with van der Waals surface area (Å²) in [6.45, 7) is 6.90. The van der Waals surface area contributed by atoms with Crippen molar-refractivity contribution in [2.75, 3.05) is 67.2 Å². The molecule has 33 heavy (non-hydrogen) atoms. The van der Waals surface area contributed by atoms with Gasteiger partial charge < -0.3 is 19.4 Å². The van der Waals surface area contributed by atoms with E-state index < -0.39 is 0 Å². The van der Waals surface area contributed by atoms with Gasteiger partial charge >= 0.3 is 0 Å². The summed E-state index contributed by atoms with van der Waals surface area (Å²) >= 11 is 0. The SMILES string of the molecule is c1cc(-c2nc3c(c(N4CCN(c5cc(N6CCOCC6)ncn5)CC4)n2)CCC3)ccn1. The van der Waals surface area contributed by atoms with Crippen molar-refractivity contribution in [1.29, 1.82) is 0 Å². The van der Waals surface area contributed by atoms with E-state index in [0.717, 1.165) is 101 Å². The van der Waals surface area contributed by atoms with Gasteiger partial charge in [0.15, 0.2) is 5.82 Å². The van der Waals surface area contributed by atoms with Gasteiger partial charge in [-0.2, -0.15) is 0 Å². The molecule has 5 heterocycles. The van der Waals surface area contributed by atoms with E-state index >= 15 is 0 Å². The lowest BCUT2D eigenvalue weighted by molar-refractivity contribution is 0.122. The van der Waals surface area contributed by atoms with Crippen LogP contribution in [0.25, 0.3) is 11.4 Å². The zero-order valence-corrected chi connectivity index (χ0v) is 18.7. The molecule has 6 rings (SSSR count). The fourth-order valence-electron chi connectivity index (χ4n) is 4.93. The van der Waals surface area contributed by atoms with Crippen LogP contribution < -0.4 is 14.7 Å². The van der Waals surface area contributed by atoms with Gasteiger partial charge in [-0.3, -0.25) is 4.98 Å². The predicted molar refractivity (Wildman–Crippen MR) is 127 cm³/mol. The number of fused-ring (bicyclic) bond motifs is 1. The lowest BCUT2D eigenvalue weighted by atomic mass is 10.1. The standard InChI is InChI=1S/C24H28N8O/c1-2-19-20(3-1)28-23(18-4-6-25-7-5-18)29-24(19)32-10-8-30(9-11-32)21-16-22(27-17-26-21)31-12-14-33-15-13-31/h4-7,16-17H,1-3,8-15H2. The molecule has 0 amide bonds. The zero-order valence-electron chi connectivity index (χ0n) is 18.7. The average molecular weight is 445 g/mol. The molecule has 3 aliphatic rings. The van der Waals surface area contributed by atoms with Gasteiger partial charge in [0.1, 0.15) is 23.8 Å². The Kier molecular flexibility index (Phi) is 5.47. The van der Waals surface area contributed by atoms with E-state index in [2.05, 4.69) is 35.7 Å². The topological polar surface area (TPSA) is 83.4 Å². The van der Waals surface area contributed by atoms with Crippen molar-refractivity contribution in [3.8, 4) is 11.4 Å². The van der Waals surface area contributed by atoms with Crippen molar-refractivity contribution in [2.24, 2.45) is 0 Å². The van der Waals surface area contributed by atoms with Gasteiger partial charge in [-0.15, -0.1) is 0 Å². The van der Waals surface area contributed by atoms with Crippen molar-refractivity contribution in [2.45, 2.75) is 19.3 Å². The Morgan fingerprint density at radius 3 is 2.21 bits per heavy atom. The van der Waals surface area contributed by atoms with Crippen LogP contribution in [0.5, 0.6) is 0 Å². The molecule has 0 bridgehead atoms. The molecule has 0 atom stereocenters. The molecule has 9 nitrogen and oxygen atoms in total. The second-order valence-corrected chi connectivity index (χ2v) is 8.69. The van der Waals surface area contributed by atoms with Crippen molar-refractivity contribution < 1.29 is 4.74 Å². The summed E-state index contributed by atoms with van der Waals surface area (Å²) in [4.78, 5) is 30.2. The lowest BCUT2D eigenvalue weighted by Crippen LogP contribution is -2.47. The predicted octanol–water partition coefficient (Wildman–Crippen LogP) is 1.98. The monoisotopic (exact) mass is 444 g/mol. The third kappa shape index (κ3) is 4.08. The highest BCUT2D eigenvalue weighted by Crippen LogP contribution is 2.32. The van der Waals surface area contributed by atoms with Crippen molar-refractivity contribution in [1.82, 2.24) is 24.9 Å². The second kappa shape index (κ2) is 8.90. The highest BCUT2D eigenvalue weighted by atomic mass is 16.5. The van der Waals surface area contributed by atoms with Crippen LogP contribution in [0, 0.1) is 0 Å². The maximum Gasteiger partial charge on any atom is 0.161 e. The molecule has 2 saturated heterocycles. The fraction of sp³-hybridized carbons (Fsp3) is 0.458. The molecule has 2 fully saturated rings. The maximum atomic E-state index is 5.48. The fourth-order valence-corrected chi connectivity index (χ4v) is 4.93. The number of anilines is 3. The lowest BCUT2D eigenvalue weighted by Gasteiger charge is -2.37. The highest BCUT2D eigenvalue weighted by Gasteiger charge is 2.27. The summed E-state index contributed by atoms with van der Waals surface area (Å²) in [6.07, 6.45) is 8.55. The number of piperazine rings is 1. The maximum absolute atomic E-state index is 5.48. The molecular formula is C24H28N8O. The van der Waals surface area contributed by atoms with Crippen LogP contribution in [0.4, 0.5) is 17.5 Å². The van der Waals surface area contributed by atoms with Crippen LogP contribution in [-0.4, -0.2) is 77.4 Å². The summed E-state index contributed by atoms with van der Waals surface area (Å²) in [7, 11) is 0. The van der Waals surface area contributed by atoms with E-state index in [4.69, 9.17) is 14.7 Å². The molecule has 0 radical (unpaired) electrons. The molecule has 0 unspecified atom stereocenters. The number of pyridine rings is 1. The number of rotatable bonds is 4. The molecule has 0 spiro atoms. The molecule has 0 saturated carbocycles. The molecule has 0 N–H and O–H groups in total. The second-order valence-electron chi connectivity index (χ2n) is 8.69. The van der Waals surface area contributed by atoms with E-state index in [1.165, 1.54) is 11.3 Å². The Bertz CT molecular complexity index is 1110. The third-order valence-electron chi connectivity index (χ3n) is 6.73. The summed E-state index contributed by atoms with van der Waals surface area (Å²) < 4.78 is 5.48. The van der Waals surface area contributed by atoms with Crippen LogP contribution in [0.2, 0.25) is 0 Å². The normalized spacial score (nSPS) is 18.5. The number of morpholine rings is 1. The number of ether oxygens (including phenoxy) is 1. The summed E-state index contributed by atoms with van der Waals surface area (Å²) in [5.41, 5.74) is 3.56. The average Bonchev–Trinajstić information content (AvgIpc) is 3.38. The van der Waals surface area contributed by atoms with Crippen LogP contribution >= 0.6 is 0 Å². The van der Waals surface area contributed by atoms with Crippen molar-refractivity contribution in [3.63, 3.8) is 0 Å². The molecular weight excluding hydrogens is 416 g/mol. The van der Waals surface area contributed by atoms with Gasteiger partial charge in [0.05, 0.1) is 13.2 Å². The third-order valence-corrected chi connectivity index (χ3v) is 6.73. The van der Waals surface area contributed by atoms with Gasteiger partial charge in [-0.25, -0.2) is 19.9 Å². The number of nitrogens with zero attached hydrogens (tertiary/aromatic N) is 8. The minimum Gasteiger partial charge on any atom is -0.378 e. The van der Waals surface area contributed by atoms with Crippen molar-refractivity contribution in [3.05, 3.63) is 48.2 Å². The highest BCUT2D eigenvalue weighted by molar-refractivity contribution is 5.62. The Morgan fingerprint density at radius 1 is 0.758 bits per heavy atom. The van der Waals surface area contributed by atoms with Crippen LogP contribution in [-0.2, 0) is 17.6 Å². The van der Waals surface area contributed by atoms with E-state index in [9.17, 15) is 0 Å². The molecule has 3 aromatic heterocycles. The van der Waals surface area contributed by atoms with Crippen molar-refractivity contribution >= 4 is 17.5 Å². The molecule has 9 heteroatoms. The molecule has 0 aromatic carbocycles. The minimum atomic E-state index is 0.753. The number of aromatic nitrogens is 5. The first-order valence-electron chi connectivity index (χ1n) is 11.8. The first kappa shape index (κ1) is 20.3. The van der Waals surface area contributed by atoms with E-state index in [-0.39, 0.29) is 0 Å². The number of aryl methyl sites for hydroxylation is 1. The van der Waals surface area contributed by atoms with Crippen LogP contribution in [0.3, 0.4) is 0 Å². The summed E-state index contributed by atoms with van der Waals surface area (Å²) in [5, 5.41) is 0. The van der Waals surface area contributed by atoms with Gasteiger partial charge in [0, 0.05) is 74.5 Å². The number of hydrogen-bond acceptors (Lipinski definition) is 9. The minimum absolute atomic E-state index is 0.753. The van der Waals surface area contributed by atoms with E-state index in [1.54, 1.807) is 18.7 Å². The smallest absolute Gasteiger partial charge is 0.161 e. The van der Waals surface area contributed by atoms with E-state index in [0.29, 0.717) is 0 Å². The molecule has 1 aliphatic carbocycles. The summed E-state index contributed by atoms with van der Waals surface area (Å²) in [6, 6.07) is 6.09. The molecule has 2 aliphatic heterocycles. The van der Waals surface area contributed by atoms with Gasteiger partial charge in [-0.05, 0) is 31.4 Å². The Morgan fingerprint density at radius 2 is 1.45 bits per heavy atom. The summed E-state index contributed by atoms with van der Waals surface area (Å²) in [5.74, 6) is 3.90. The van der Waals surface area contributed by atoms with E-state index in [1.807, 2.05) is 12.1 Å². The molecule has 3 aromatic rings. The number of hydrogen-bond donors (Lipinski definition) is 0. The Balaban J connectivity index is 1.21.